The summed E-state index contributed by atoms with van der Waals surface area (Å²) >= 11 is 1.58. The fourth-order valence-corrected chi connectivity index (χ4v) is 2.44. The van der Waals surface area contributed by atoms with Crippen LogP contribution in [0.5, 0.6) is 0 Å². The zero-order valence-electron chi connectivity index (χ0n) is 10.1. The van der Waals surface area contributed by atoms with Gasteiger partial charge >= 0.3 is 0 Å². The average molecular weight is 204 g/mol. The molecule has 0 unspecified atom stereocenters. The van der Waals surface area contributed by atoms with Crippen molar-refractivity contribution in [3.05, 3.63) is 0 Å². The van der Waals surface area contributed by atoms with Gasteiger partial charge in [0, 0.05) is 4.75 Å². The topological polar surface area (TPSA) is 9.23 Å². The van der Waals surface area contributed by atoms with Crippen molar-refractivity contribution in [1.82, 2.24) is 0 Å². The predicted octanol–water partition coefficient (Wildman–Crippen LogP) is 4.13. The Morgan fingerprint density at radius 1 is 1.15 bits per heavy atom. The number of rotatable bonds is 5. The smallest absolute Gasteiger partial charge is 0.0503 e. The maximum absolute atomic E-state index is 5.15. The first-order chi connectivity index (χ1) is 5.71. The molecule has 1 nitrogen and oxygen atoms in total. The minimum Gasteiger partial charge on any atom is -0.318 e. The Bertz CT molecular complexity index is 150. The summed E-state index contributed by atoms with van der Waals surface area (Å²) in [6, 6.07) is 0. The van der Waals surface area contributed by atoms with Crippen LogP contribution in [0, 0.1) is 11.3 Å². The quantitative estimate of drug-likeness (QED) is 0.623. The molecule has 0 atom stereocenters. The molecular formula is C11H24OS. The molecule has 0 aromatic heterocycles. The minimum absolute atomic E-state index is 0.211. The number of hydrogen-bond acceptors (Lipinski definition) is 2. The van der Waals surface area contributed by atoms with Crippen LogP contribution in [0.15, 0.2) is 0 Å². The van der Waals surface area contributed by atoms with Gasteiger partial charge in [0.2, 0.25) is 0 Å². The summed E-state index contributed by atoms with van der Waals surface area (Å²) in [4.78, 5) is 0. The van der Waals surface area contributed by atoms with E-state index in [4.69, 9.17) is 4.18 Å². The molecule has 0 spiro atoms. The van der Waals surface area contributed by atoms with E-state index in [2.05, 4.69) is 41.5 Å². The van der Waals surface area contributed by atoms with Crippen LogP contribution < -0.4 is 0 Å². The molecule has 0 N–H and O–H groups in total. The normalized spacial score (nSPS) is 13.8. The monoisotopic (exact) mass is 204 g/mol. The summed E-state index contributed by atoms with van der Waals surface area (Å²) in [6.07, 6.45) is 1.18. The van der Waals surface area contributed by atoms with Crippen LogP contribution in [0.2, 0.25) is 0 Å². The molecule has 0 aliphatic carbocycles. The minimum atomic E-state index is 0.211. The predicted molar refractivity (Wildman–Crippen MR) is 61.9 cm³/mol. The Morgan fingerprint density at radius 2 is 1.62 bits per heavy atom. The molecule has 2 heteroatoms. The standard InChI is InChI=1S/C11H24OS/c1-9(2)10(3,4)8-11(5,6)13-12-7/h9H,8H2,1-7H3. The molecule has 0 radical (unpaired) electrons. The van der Waals surface area contributed by atoms with Crippen LogP contribution in [-0.2, 0) is 4.18 Å². The third kappa shape index (κ3) is 4.92. The van der Waals surface area contributed by atoms with Crippen LogP contribution in [0.3, 0.4) is 0 Å². The molecular weight excluding hydrogens is 180 g/mol. The molecule has 0 aliphatic rings. The van der Waals surface area contributed by atoms with Gasteiger partial charge in [-0.2, -0.15) is 0 Å². The van der Waals surface area contributed by atoms with Crippen molar-refractivity contribution in [2.45, 2.75) is 52.7 Å². The molecule has 0 rings (SSSR count). The Labute approximate surface area is 87.8 Å². The van der Waals surface area contributed by atoms with Crippen LogP contribution in [0.25, 0.3) is 0 Å². The highest BCUT2D eigenvalue weighted by Crippen LogP contribution is 2.41. The molecule has 0 saturated carbocycles. The summed E-state index contributed by atoms with van der Waals surface area (Å²) in [5.41, 5.74) is 0.384. The lowest BCUT2D eigenvalue weighted by molar-refractivity contribution is 0.207. The second kappa shape index (κ2) is 4.70. The van der Waals surface area contributed by atoms with Crippen molar-refractivity contribution in [3.8, 4) is 0 Å². The second-order valence-corrected chi connectivity index (χ2v) is 6.93. The van der Waals surface area contributed by atoms with E-state index in [1.165, 1.54) is 6.42 Å². The summed E-state index contributed by atoms with van der Waals surface area (Å²) in [7, 11) is 1.74. The summed E-state index contributed by atoms with van der Waals surface area (Å²) in [5.74, 6) is 0.712. The zero-order chi connectivity index (χ0) is 10.7. The first-order valence-electron chi connectivity index (χ1n) is 4.93. The van der Waals surface area contributed by atoms with Crippen molar-refractivity contribution in [3.63, 3.8) is 0 Å². The van der Waals surface area contributed by atoms with E-state index in [1.54, 1.807) is 19.2 Å². The lowest BCUT2D eigenvalue weighted by atomic mass is 9.75. The van der Waals surface area contributed by atoms with Gasteiger partial charge in [0.25, 0.3) is 0 Å². The molecule has 80 valence electrons. The third-order valence-corrected chi connectivity index (χ3v) is 3.52. The van der Waals surface area contributed by atoms with E-state index < -0.39 is 0 Å². The van der Waals surface area contributed by atoms with E-state index in [0.29, 0.717) is 11.3 Å². The third-order valence-electron chi connectivity index (χ3n) is 2.75. The molecule has 13 heavy (non-hydrogen) atoms. The van der Waals surface area contributed by atoms with Gasteiger partial charge in [0.15, 0.2) is 0 Å². The lowest BCUT2D eigenvalue weighted by Crippen LogP contribution is -2.29. The van der Waals surface area contributed by atoms with E-state index >= 15 is 0 Å². The van der Waals surface area contributed by atoms with E-state index in [1.807, 2.05) is 0 Å². The van der Waals surface area contributed by atoms with Gasteiger partial charge in [-0.15, -0.1) is 0 Å². The van der Waals surface area contributed by atoms with Crippen LogP contribution in [0.4, 0.5) is 0 Å². The van der Waals surface area contributed by atoms with Gasteiger partial charge in [0.05, 0.1) is 7.11 Å². The van der Waals surface area contributed by atoms with Gasteiger partial charge in [-0.3, -0.25) is 0 Å². The van der Waals surface area contributed by atoms with Crippen molar-refractivity contribution in [1.29, 1.82) is 0 Å². The van der Waals surface area contributed by atoms with Gasteiger partial charge < -0.3 is 4.18 Å². The highest BCUT2D eigenvalue weighted by Gasteiger charge is 2.31. The summed E-state index contributed by atoms with van der Waals surface area (Å²) < 4.78 is 5.36. The van der Waals surface area contributed by atoms with Gasteiger partial charge in [-0.1, -0.05) is 27.7 Å². The molecule has 0 bridgehead atoms. The Balaban J connectivity index is 4.24. The Hall–Kier alpha value is 0.310. The highest BCUT2D eigenvalue weighted by atomic mass is 32.2. The molecule has 0 aromatic rings. The first kappa shape index (κ1) is 13.3. The maximum atomic E-state index is 5.15. The summed E-state index contributed by atoms with van der Waals surface area (Å²) in [5, 5.41) is 0. The van der Waals surface area contributed by atoms with Crippen molar-refractivity contribution < 1.29 is 4.18 Å². The van der Waals surface area contributed by atoms with Crippen LogP contribution in [0.1, 0.15) is 48.0 Å². The summed E-state index contributed by atoms with van der Waals surface area (Å²) in [6.45, 7) is 13.7. The number of hydrogen-bond donors (Lipinski definition) is 0. The van der Waals surface area contributed by atoms with Gasteiger partial charge in [0.1, 0.15) is 0 Å². The molecule has 0 fully saturated rings. The van der Waals surface area contributed by atoms with Crippen molar-refractivity contribution in [2.75, 3.05) is 7.11 Å². The SMILES string of the molecule is COSC(C)(C)CC(C)(C)C(C)C. The fourth-order valence-electron chi connectivity index (χ4n) is 1.56. The zero-order valence-corrected chi connectivity index (χ0v) is 10.9. The lowest BCUT2D eigenvalue weighted by Gasteiger charge is -2.36. The van der Waals surface area contributed by atoms with Crippen molar-refractivity contribution in [2.24, 2.45) is 11.3 Å². The average Bonchev–Trinajstić information content (AvgIpc) is 1.83. The van der Waals surface area contributed by atoms with Gasteiger partial charge in [-0.25, -0.2) is 0 Å². The van der Waals surface area contributed by atoms with Gasteiger partial charge in [-0.05, 0) is 43.6 Å². The molecule has 0 heterocycles. The highest BCUT2D eigenvalue weighted by molar-refractivity contribution is 7.96. The van der Waals surface area contributed by atoms with E-state index in [0.717, 1.165) is 0 Å². The Kier molecular flexibility index (Phi) is 4.81. The first-order valence-corrected chi connectivity index (χ1v) is 5.67. The van der Waals surface area contributed by atoms with Crippen LogP contribution >= 0.6 is 12.0 Å². The van der Waals surface area contributed by atoms with Crippen molar-refractivity contribution >= 4 is 12.0 Å². The largest absolute Gasteiger partial charge is 0.318 e. The van der Waals surface area contributed by atoms with Crippen LogP contribution in [-0.4, -0.2) is 11.9 Å². The van der Waals surface area contributed by atoms with E-state index in [9.17, 15) is 0 Å². The fraction of sp³-hybridized carbons (Fsp3) is 1.00. The molecule has 0 aliphatic heterocycles. The molecule has 0 amide bonds. The second-order valence-electron chi connectivity index (χ2n) is 5.33. The Morgan fingerprint density at radius 3 is 1.92 bits per heavy atom. The maximum Gasteiger partial charge on any atom is 0.0503 e. The molecule has 0 aromatic carbocycles. The molecule has 0 saturated heterocycles. The van der Waals surface area contributed by atoms with E-state index in [-0.39, 0.29) is 4.75 Å².